The van der Waals surface area contributed by atoms with Crippen molar-refractivity contribution < 1.29 is 13.9 Å². The third-order valence-electron chi connectivity index (χ3n) is 3.32. The number of rotatable bonds is 6. The molecule has 0 fully saturated rings. The van der Waals surface area contributed by atoms with Crippen molar-refractivity contribution in [3.05, 3.63) is 54.1 Å². The fraction of sp³-hybridized carbons (Fsp3) is 0.357. The molecule has 2 aromatic rings. The van der Waals surface area contributed by atoms with E-state index in [9.17, 15) is 13.9 Å². The maximum Gasteiger partial charge on any atom is 0.319 e. The van der Waals surface area contributed by atoms with Crippen molar-refractivity contribution in [3.8, 4) is 0 Å². The van der Waals surface area contributed by atoms with Crippen LogP contribution in [0.25, 0.3) is 0 Å². The van der Waals surface area contributed by atoms with Gasteiger partial charge < -0.3 is 5.11 Å². The minimum Gasteiger partial charge on any atom is -0.394 e. The number of nitrogens with one attached hydrogen (secondary N) is 1. The summed E-state index contributed by atoms with van der Waals surface area (Å²) in [6.45, 7) is -0.806. The normalized spacial score (nSPS) is 14.4. The molecule has 0 aliphatic heterocycles. The molecule has 6 heteroatoms. The van der Waals surface area contributed by atoms with Crippen LogP contribution in [-0.2, 0) is 12.1 Å². The summed E-state index contributed by atoms with van der Waals surface area (Å²) in [6, 6.07) is 9.37. The molecular formula is C14H17F2N3O. The maximum absolute atomic E-state index is 12.7. The second-order valence-electron chi connectivity index (χ2n) is 4.74. The second kappa shape index (κ2) is 6.11. The van der Waals surface area contributed by atoms with Gasteiger partial charge in [-0.1, -0.05) is 30.3 Å². The smallest absolute Gasteiger partial charge is 0.319 e. The average Bonchev–Trinajstić information content (AvgIpc) is 2.94. The SMILES string of the molecule is CC(CO)(NCc1nccn1C(F)F)c1ccccc1. The summed E-state index contributed by atoms with van der Waals surface area (Å²) in [6.07, 6.45) is 2.57. The molecule has 0 radical (unpaired) electrons. The van der Waals surface area contributed by atoms with E-state index in [0.29, 0.717) is 0 Å². The standard InChI is InChI=1S/C14H17F2N3O/c1-14(10-20,11-5-3-2-4-6-11)18-9-12-17-7-8-19(12)13(15)16/h2-8,13,18,20H,9-10H2,1H3. The molecule has 0 amide bonds. The lowest BCUT2D eigenvalue weighted by Crippen LogP contribution is -2.42. The topological polar surface area (TPSA) is 50.1 Å². The summed E-state index contributed by atoms with van der Waals surface area (Å²) >= 11 is 0. The third-order valence-corrected chi connectivity index (χ3v) is 3.32. The van der Waals surface area contributed by atoms with Crippen LogP contribution in [0.1, 0.15) is 24.9 Å². The van der Waals surface area contributed by atoms with E-state index in [2.05, 4.69) is 10.3 Å². The Morgan fingerprint density at radius 3 is 2.65 bits per heavy atom. The Bertz CT molecular complexity index is 544. The summed E-state index contributed by atoms with van der Waals surface area (Å²) < 4.78 is 26.3. The highest BCUT2D eigenvalue weighted by atomic mass is 19.3. The quantitative estimate of drug-likeness (QED) is 0.854. The molecule has 0 aliphatic rings. The molecule has 1 atom stereocenters. The lowest BCUT2D eigenvalue weighted by atomic mass is 9.93. The van der Waals surface area contributed by atoms with Crippen LogP contribution in [0.5, 0.6) is 0 Å². The van der Waals surface area contributed by atoms with Gasteiger partial charge >= 0.3 is 6.55 Å². The Morgan fingerprint density at radius 1 is 1.35 bits per heavy atom. The Balaban J connectivity index is 2.13. The van der Waals surface area contributed by atoms with Gasteiger partial charge in [-0.05, 0) is 12.5 Å². The predicted molar refractivity (Wildman–Crippen MR) is 71.2 cm³/mol. The van der Waals surface area contributed by atoms with E-state index in [1.807, 2.05) is 37.3 Å². The number of halogens is 2. The Kier molecular flexibility index (Phi) is 4.46. The van der Waals surface area contributed by atoms with Crippen molar-refractivity contribution in [3.63, 3.8) is 0 Å². The van der Waals surface area contributed by atoms with E-state index in [1.165, 1.54) is 12.4 Å². The summed E-state index contributed by atoms with van der Waals surface area (Å²) in [7, 11) is 0. The van der Waals surface area contributed by atoms with E-state index in [1.54, 1.807) is 0 Å². The van der Waals surface area contributed by atoms with Gasteiger partial charge in [0, 0.05) is 12.4 Å². The van der Waals surface area contributed by atoms with Crippen molar-refractivity contribution >= 4 is 0 Å². The number of imidazole rings is 1. The Morgan fingerprint density at radius 2 is 2.05 bits per heavy atom. The van der Waals surface area contributed by atoms with Gasteiger partial charge in [-0.15, -0.1) is 0 Å². The van der Waals surface area contributed by atoms with E-state index >= 15 is 0 Å². The number of benzene rings is 1. The first-order valence-corrected chi connectivity index (χ1v) is 6.28. The first kappa shape index (κ1) is 14.6. The minimum atomic E-state index is -2.62. The molecular weight excluding hydrogens is 264 g/mol. The van der Waals surface area contributed by atoms with Gasteiger partial charge in [-0.25, -0.2) is 4.98 Å². The molecule has 0 saturated heterocycles. The van der Waals surface area contributed by atoms with Crippen molar-refractivity contribution in [1.29, 1.82) is 0 Å². The fourth-order valence-corrected chi connectivity index (χ4v) is 1.99. The van der Waals surface area contributed by atoms with Crippen LogP contribution in [0.3, 0.4) is 0 Å². The van der Waals surface area contributed by atoms with Crippen molar-refractivity contribution in [2.75, 3.05) is 6.61 Å². The van der Waals surface area contributed by atoms with Crippen LogP contribution in [0, 0.1) is 0 Å². The monoisotopic (exact) mass is 281 g/mol. The van der Waals surface area contributed by atoms with Crippen LogP contribution in [0.15, 0.2) is 42.7 Å². The molecule has 0 aliphatic carbocycles. The van der Waals surface area contributed by atoms with Gasteiger partial charge in [0.05, 0.1) is 18.7 Å². The second-order valence-corrected chi connectivity index (χ2v) is 4.74. The number of aromatic nitrogens is 2. The third kappa shape index (κ3) is 3.02. The molecule has 2 N–H and O–H groups in total. The number of hydrogen-bond acceptors (Lipinski definition) is 3. The van der Waals surface area contributed by atoms with E-state index in [-0.39, 0.29) is 19.0 Å². The van der Waals surface area contributed by atoms with Crippen LogP contribution in [-0.4, -0.2) is 21.3 Å². The fourth-order valence-electron chi connectivity index (χ4n) is 1.99. The van der Waals surface area contributed by atoms with Crippen molar-refractivity contribution in [2.24, 2.45) is 0 Å². The number of alkyl halides is 2. The van der Waals surface area contributed by atoms with Crippen LogP contribution < -0.4 is 5.32 Å². The van der Waals surface area contributed by atoms with Gasteiger partial charge in [0.1, 0.15) is 5.82 Å². The molecule has 0 saturated carbocycles. The average molecular weight is 281 g/mol. The predicted octanol–water partition coefficient (Wildman–Crippen LogP) is 2.28. The van der Waals surface area contributed by atoms with Gasteiger partial charge in [0.25, 0.3) is 0 Å². The maximum atomic E-state index is 12.7. The molecule has 2 rings (SSSR count). The summed E-state index contributed by atoms with van der Waals surface area (Å²) in [5.74, 6) is 0.232. The molecule has 1 aromatic heterocycles. The molecule has 108 valence electrons. The van der Waals surface area contributed by atoms with Gasteiger partial charge in [0.15, 0.2) is 0 Å². The number of hydrogen-bond donors (Lipinski definition) is 2. The zero-order chi connectivity index (χ0) is 14.6. The molecule has 1 unspecified atom stereocenters. The van der Waals surface area contributed by atoms with E-state index in [0.717, 1.165) is 10.1 Å². The van der Waals surface area contributed by atoms with Gasteiger partial charge in [-0.3, -0.25) is 9.88 Å². The molecule has 4 nitrogen and oxygen atoms in total. The highest BCUT2D eigenvalue weighted by Crippen LogP contribution is 2.21. The lowest BCUT2D eigenvalue weighted by molar-refractivity contribution is 0.0656. The van der Waals surface area contributed by atoms with Crippen LogP contribution in [0.4, 0.5) is 8.78 Å². The first-order valence-electron chi connectivity index (χ1n) is 6.28. The van der Waals surface area contributed by atoms with E-state index in [4.69, 9.17) is 0 Å². The summed E-state index contributed by atoms with van der Waals surface area (Å²) in [5, 5.41) is 12.7. The highest BCUT2D eigenvalue weighted by Gasteiger charge is 2.25. The molecule has 1 aromatic carbocycles. The van der Waals surface area contributed by atoms with E-state index < -0.39 is 12.1 Å². The zero-order valence-electron chi connectivity index (χ0n) is 11.1. The molecule has 20 heavy (non-hydrogen) atoms. The molecule has 0 bridgehead atoms. The first-order chi connectivity index (χ1) is 9.57. The highest BCUT2D eigenvalue weighted by molar-refractivity contribution is 5.23. The minimum absolute atomic E-state index is 0.142. The van der Waals surface area contributed by atoms with Crippen molar-refractivity contribution in [2.45, 2.75) is 25.6 Å². The number of nitrogens with zero attached hydrogens (tertiary/aromatic N) is 2. The zero-order valence-corrected chi connectivity index (χ0v) is 11.1. The number of aliphatic hydroxyl groups excluding tert-OH is 1. The van der Waals surface area contributed by atoms with Crippen molar-refractivity contribution in [1.82, 2.24) is 14.9 Å². The summed E-state index contributed by atoms with van der Waals surface area (Å²) in [4.78, 5) is 3.91. The van der Waals surface area contributed by atoms with Crippen LogP contribution >= 0.6 is 0 Å². The van der Waals surface area contributed by atoms with Gasteiger partial charge in [-0.2, -0.15) is 8.78 Å². The Labute approximate surface area is 116 Å². The van der Waals surface area contributed by atoms with Crippen LogP contribution in [0.2, 0.25) is 0 Å². The lowest BCUT2D eigenvalue weighted by Gasteiger charge is -2.29. The Hall–Kier alpha value is -1.79. The molecule has 1 heterocycles. The summed E-state index contributed by atoms with van der Waals surface area (Å²) in [5.41, 5.74) is 0.179. The largest absolute Gasteiger partial charge is 0.394 e. The molecule has 0 spiro atoms. The van der Waals surface area contributed by atoms with Gasteiger partial charge in [0.2, 0.25) is 0 Å². The number of aliphatic hydroxyl groups is 1.